The SMILES string of the molecule is Cn1cc(CCNCC2CCS(=O)(=O)C2)cn1. The molecule has 17 heavy (non-hydrogen) atoms. The Morgan fingerprint density at radius 1 is 1.59 bits per heavy atom. The van der Waals surface area contributed by atoms with Crippen LogP contribution in [-0.2, 0) is 23.3 Å². The van der Waals surface area contributed by atoms with Crippen LogP contribution in [-0.4, -0.2) is 42.8 Å². The van der Waals surface area contributed by atoms with Gasteiger partial charge < -0.3 is 5.32 Å². The topological polar surface area (TPSA) is 64.0 Å². The molecule has 1 fully saturated rings. The van der Waals surface area contributed by atoms with Crippen LogP contribution in [0.3, 0.4) is 0 Å². The number of rotatable bonds is 5. The Bertz CT molecular complexity index is 467. The van der Waals surface area contributed by atoms with Gasteiger partial charge in [0.05, 0.1) is 17.7 Å². The predicted octanol–water partition coefficient (Wildman–Crippen LogP) is -0.0131. The molecule has 0 saturated carbocycles. The Balaban J connectivity index is 1.64. The summed E-state index contributed by atoms with van der Waals surface area (Å²) in [5.74, 6) is 1.02. The molecular weight excluding hydrogens is 238 g/mol. The highest BCUT2D eigenvalue weighted by Gasteiger charge is 2.27. The number of nitrogens with zero attached hydrogens (tertiary/aromatic N) is 2. The fourth-order valence-electron chi connectivity index (χ4n) is 2.17. The zero-order chi connectivity index (χ0) is 12.3. The highest BCUT2D eigenvalue weighted by Crippen LogP contribution is 2.17. The van der Waals surface area contributed by atoms with Crippen molar-refractivity contribution >= 4 is 9.84 Å². The third-order valence-electron chi connectivity index (χ3n) is 3.11. The predicted molar refractivity (Wildman–Crippen MR) is 66.5 cm³/mol. The maximum Gasteiger partial charge on any atom is 0.150 e. The third kappa shape index (κ3) is 3.81. The van der Waals surface area contributed by atoms with Gasteiger partial charge in [-0.2, -0.15) is 5.10 Å². The molecule has 6 heteroatoms. The minimum Gasteiger partial charge on any atom is -0.316 e. The molecular formula is C11H19N3O2S. The smallest absolute Gasteiger partial charge is 0.150 e. The summed E-state index contributed by atoms with van der Waals surface area (Å²) in [6, 6.07) is 0. The van der Waals surface area contributed by atoms with E-state index in [1.807, 2.05) is 19.4 Å². The first kappa shape index (κ1) is 12.6. The molecule has 0 amide bonds. The summed E-state index contributed by atoms with van der Waals surface area (Å²) in [7, 11) is -0.832. The molecule has 1 saturated heterocycles. The highest BCUT2D eigenvalue weighted by molar-refractivity contribution is 7.91. The highest BCUT2D eigenvalue weighted by atomic mass is 32.2. The standard InChI is InChI=1S/C11H19N3O2S/c1-14-8-10(7-13-14)2-4-12-6-11-3-5-17(15,16)9-11/h7-8,11-12H,2-6,9H2,1H3. The van der Waals surface area contributed by atoms with Gasteiger partial charge in [0.1, 0.15) is 0 Å². The largest absolute Gasteiger partial charge is 0.316 e. The van der Waals surface area contributed by atoms with Crippen molar-refractivity contribution in [2.24, 2.45) is 13.0 Å². The molecule has 2 heterocycles. The fourth-order valence-corrected chi connectivity index (χ4v) is 4.03. The number of hydrogen-bond donors (Lipinski definition) is 1. The number of sulfone groups is 1. The van der Waals surface area contributed by atoms with Gasteiger partial charge in [-0.15, -0.1) is 0 Å². The zero-order valence-corrected chi connectivity index (χ0v) is 10.9. The van der Waals surface area contributed by atoms with Crippen LogP contribution in [0.5, 0.6) is 0 Å². The van der Waals surface area contributed by atoms with Crippen molar-refractivity contribution in [3.05, 3.63) is 18.0 Å². The Labute approximate surface area is 102 Å². The molecule has 1 N–H and O–H groups in total. The second-order valence-corrected chi connectivity index (χ2v) is 6.97. The average Bonchev–Trinajstić information content (AvgIpc) is 2.80. The van der Waals surface area contributed by atoms with Crippen LogP contribution in [0.1, 0.15) is 12.0 Å². The van der Waals surface area contributed by atoms with E-state index in [2.05, 4.69) is 10.4 Å². The molecule has 0 aromatic carbocycles. The lowest BCUT2D eigenvalue weighted by molar-refractivity contribution is 0.523. The first-order chi connectivity index (χ1) is 8.05. The van der Waals surface area contributed by atoms with Crippen molar-refractivity contribution in [3.63, 3.8) is 0 Å². The van der Waals surface area contributed by atoms with Crippen LogP contribution in [0.25, 0.3) is 0 Å². The van der Waals surface area contributed by atoms with Gasteiger partial charge in [0.15, 0.2) is 9.84 Å². The van der Waals surface area contributed by atoms with Crippen LogP contribution in [0.4, 0.5) is 0 Å². The van der Waals surface area contributed by atoms with Crippen molar-refractivity contribution < 1.29 is 8.42 Å². The van der Waals surface area contributed by atoms with E-state index in [4.69, 9.17) is 0 Å². The molecule has 1 aromatic heterocycles. The molecule has 2 rings (SSSR count). The Hall–Kier alpha value is -0.880. The third-order valence-corrected chi connectivity index (χ3v) is 4.95. The first-order valence-electron chi connectivity index (χ1n) is 5.94. The number of aryl methyl sites for hydroxylation is 1. The summed E-state index contributed by atoms with van der Waals surface area (Å²) in [5.41, 5.74) is 1.21. The minimum atomic E-state index is -2.73. The minimum absolute atomic E-state index is 0.300. The van der Waals surface area contributed by atoms with Crippen LogP contribution in [0, 0.1) is 5.92 Å². The normalized spacial score (nSPS) is 23.0. The summed E-state index contributed by atoms with van der Waals surface area (Å²) >= 11 is 0. The molecule has 1 aliphatic heterocycles. The van der Waals surface area contributed by atoms with Crippen molar-refractivity contribution in [2.75, 3.05) is 24.6 Å². The number of aromatic nitrogens is 2. The molecule has 0 radical (unpaired) electrons. The Morgan fingerprint density at radius 2 is 2.41 bits per heavy atom. The van der Waals surface area contributed by atoms with Crippen LogP contribution < -0.4 is 5.32 Å². The van der Waals surface area contributed by atoms with E-state index in [1.165, 1.54) is 5.56 Å². The summed E-state index contributed by atoms with van der Waals surface area (Å²) in [4.78, 5) is 0. The number of nitrogens with one attached hydrogen (secondary N) is 1. The van der Waals surface area contributed by atoms with Crippen LogP contribution in [0.15, 0.2) is 12.4 Å². The lowest BCUT2D eigenvalue weighted by Crippen LogP contribution is -2.25. The van der Waals surface area contributed by atoms with Crippen LogP contribution >= 0.6 is 0 Å². The Morgan fingerprint density at radius 3 is 3.00 bits per heavy atom. The maximum absolute atomic E-state index is 11.3. The summed E-state index contributed by atoms with van der Waals surface area (Å²) in [6.45, 7) is 1.68. The first-order valence-corrected chi connectivity index (χ1v) is 7.76. The molecule has 0 bridgehead atoms. The van der Waals surface area contributed by atoms with E-state index in [0.29, 0.717) is 17.4 Å². The summed E-state index contributed by atoms with van der Waals surface area (Å²) < 4.78 is 24.3. The van der Waals surface area contributed by atoms with Gasteiger partial charge in [0.2, 0.25) is 0 Å². The van der Waals surface area contributed by atoms with Crippen molar-refractivity contribution in [1.29, 1.82) is 0 Å². The lowest BCUT2D eigenvalue weighted by atomic mass is 10.1. The van der Waals surface area contributed by atoms with Gasteiger partial charge in [0.25, 0.3) is 0 Å². The molecule has 96 valence electrons. The summed E-state index contributed by atoms with van der Waals surface area (Å²) in [6.07, 6.45) is 5.61. The molecule has 0 aliphatic carbocycles. The summed E-state index contributed by atoms with van der Waals surface area (Å²) in [5, 5.41) is 7.42. The zero-order valence-electron chi connectivity index (χ0n) is 10.1. The second kappa shape index (κ2) is 5.18. The van der Waals surface area contributed by atoms with E-state index in [9.17, 15) is 8.42 Å². The van der Waals surface area contributed by atoms with E-state index in [1.54, 1.807) is 4.68 Å². The molecule has 5 nitrogen and oxygen atoms in total. The van der Waals surface area contributed by atoms with Crippen molar-refractivity contribution in [3.8, 4) is 0 Å². The van der Waals surface area contributed by atoms with Crippen LogP contribution in [0.2, 0.25) is 0 Å². The molecule has 1 aliphatic rings. The lowest BCUT2D eigenvalue weighted by Gasteiger charge is -2.08. The monoisotopic (exact) mass is 257 g/mol. The quantitative estimate of drug-likeness (QED) is 0.753. The van der Waals surface area contributed by atoms with E-state index >= 15 is 0 Å². The molecule has 1 aromatic rings. The van der Waals surface area contributed by atoms with Crippen molar-refractivity contribution in [1.82, 2.24) is 15.1 Å². The molecule has 1 atom stereocenters. The van der Waals surface area contributed by atoms with Gasteiger partial charge in [-0.25, -0.2) is 8.42 Å². The van der Waals surface area contributed by atoms with E-state index in [0.717, 1.165) is 25.9 Å². The molecule has 0 spiro atoms. The average molecular weight is 257 g/mol. The van der Waals surface area contributed by atoms with Gasteiger partial charge in [0, 0.05) is 13.2 Å². The van der Waals surface area contributed by atoms with E-state index in [-0.39, 0.29) is 0 Å². The van der Waals surface area contributed by atoms with Gasteiger partial charge in [-0.05, 0) is 37.4 Å². The van der Waals surface area contributed by atoms with Gasteiger partial charge in [-0.1, -0.05) is 0 Å². The fraction of sp³-hybridized carbons (Fsp3) is 0.727. The second-order valence-electron chi connectivity index (χ2n) is 4.75. The van der Waals surface area contributed by atoms with Gasteiger partial charge >= 0.3 is 0 Å². The number of hydrogen-bond acceptors (Lipinski definition) is 4. The van der Waals surface area contributed by atoms with Gasteiger partial charge in [-0.3, -0.25) is 4.68 Å². The van der Waals surface area contributed by atoms with E-state index < -0.39 is 9.84 Å². The Kier molecular flexibility index (Phi) is 3.83. The maximum atomic E-state index is 11.3. The molecule has 1 unspecified atom stereocenters. The van der Waals surface area contributed by atoms with Crippen molar-refractivity contribution in [2.45, 2.75) is 12.8 Å².